The number of pyridine rings is 1. The maximum Gasteiger partial charge on any atom is 0.417 e. The molecule has 1 amide bonds. The van der Waals surface area contributed by atoms with E-state index in [1.807, 2.05) is 6.07 Å². The van der Waals surface area contributed by atoms with E-state index in [0.717, 1.165) is 31.5 Å². The van der Waals surface area contributed by atoms with E-state index >= 15 is 0 Å². The summed E-state index contributed by atoms with van der Waals surface area (Å²) in [7, 11) is 0. The summed E-state index contributed by atoms with van der Waals surface area (Å²) in [4.78, 5) is 34.2. The van der Waals surface area contributed by atoms with Gasteiger partial charge in [0.15, 0.2) is 0 Å². The minimum absolute atomic E-state index is 0.208. The van der Waals surface area contributed by atoms with E-state index < -0.39 is 17.3 Å². The Morgan fingerprint density at radius 1 is 1.21 bits per heavy atom. The van der Waals surface area contributed by atoms with Crippen LogP contribution < -0.4 is 10.5 Å². The number of aromatic amines is 1. The zero-order valence-electron chi connectivity index (χ0n) is 18.1. The Bertz CT molecular complexity index is 1550. The van der Waals surface area contributed by atoms with Gasteiger partial charge in [-0.1, -0.05) is 0 Å². The molecule has 174 valence electrons. The molecular formula is C23H19F3N6O2. The average Bonchev–Trinajstić information content (AvgIpc) is 3.34. The van der Waals surface area contributed by atoms with Crippen molar-refractivity contribution in [2.24, 2.45) is 5.92 Å². The van der Waals surface area contributed by atoms with Crippen molar-refractivity contribution in [2.75, 3.05) is 11.4 Å². The zero-order valence-corrected chi connectivity index (χ0v) is 18.1. The van der Waals surface area contributed by atoms with Crippen LogP contribution in [0.25, 0.3) is 16.7 Å². The van der Waals surface area contributed by atoms with E-state index in [9.17, 15) is 22.8 Å². The van der Waals surface area contributed by atoms with Gasteiger partial charge in [0.2, 0.25) is 5.65 Å². The molecule has 1 N–H and O–H groups in total. The fourth-order valence-electron chi connectivity index (χ4n) is 4.58. The molecule has 6 rings (SSSR count). The second kappa shape index (κ2) is 7.12. The number of anilines is 1. The average molecular weight is 468 g/mol. The van der Waals surface area contributed by atoms with Gasteiger partial charge in [-0.2, -0.15) is 13.2 Å². The minimum Gasteiger partial charge on any atom is -0.317 e. The molecule has 4 heterocycles. The van der Waals surface area contributed by atoms with Crippen molar-refractivity contribution in [2.45, 2.75) is 38.8 Å². The maximum absolute atomic E-state index is 13.4. The van der Waals surface area contributed by atoms with Gasteiger partial charge in [-0.15, -0.1) is 10.2 Å². The molecule has 11 heteroatoms. The van der Waals surface area contributed by atoms with Gasteiger partial charge in [-0.25, -0.2) is 4.98 Å². The molecule has 0 radical (unpaired) electrons. The Kier molecular flexibility index (Phi) is 4.36. The molecule has 34 heavy (non-hydrogen) atoms. The van der Waals surface area contributed by atoms with Gasteiger partial charge in [0.25, 0.3) is 11.5 Å². The molecule has 1 aromatic carbocycles. The third kappa shape index (κ3) is 3.25. The quantitative estimate of drug-likeness (QED) is 0.497. The highest BCUT2D eigenvalue weighted by Gasteiger charge is 2.35. The van der Waals surface area contributed by atoms with Crippen molar-refractivity contribution in [3.8, 4) is 0 Å². The lowest BCUT2D eigenvalue weighted by molar-refractivity contribution is -0.137. The van der Waals surface area contributed by atoms with Crippen LogP contribution in [0.15, 0.2) is 29.2 Å². The molecule has 0 unspecified atom stereocenters. The third-order valence-electron chi connectivity index (χ3n) is 6.54. The van der Waals surface area contributed by atoms with E-state index in [4.69, 9.17) is 0 Å². The zero-order chi connectivity index (χ0) is 23.8. The van der Waals surface area contributed by atoms with Crippen LogP contribution in [0, 0.1) is 12.8 Å². The van der Waals surface area contributed by atoms with Crippen LogP contribution in [0.1, 0.15) is 45.7 Å². The lowest BCUT2D eigenvalue weighted by atomic mass is 10.1. The van der Waals surface area contributed by atoms with Crippen LogP contribution in [-0.4, -0.2) is 37.0 Å². The standard InChI is InChI=1S/C23H19F3N6O2/c1-11-6-17-16(28-21(33)20-30-29-18(32(17)20)7-12-2-3-12)9-15(11)22(34)31-5-4-13-8-14(23(24,25)26)10-27-19(13)31/h6,8-10,12H,2-5,7H2,1H3,(H,28,33). The molecule has 1 saturated carbocycles. The molecular weight excluding hydrogens is 449 g/mol. The monoisotopic (exact) mass is 468 g/mol. The van der Waals surface area contributed by atoms with Gasteiger partial charge >= 0.3 is 6.18 Å². The number of aryl methyl sites for hydroxylation is 1. The highest BCUT2D eigenvalue weighted by molar-refractivity contribution is 6.09. The number of nitrogens with zero attached hydrogens (tertiary/aromatic N) is 5. The Hall–Kier alpha value is -3.76. The van der Waals surface area contributed by atoms with Gasteiger partial charge in [0.05, 0.1) is 16.6 Å². The van der Waals surface area contributed by atoms with Crippen molar-refractivity contribution in [1.29, 1.82) is 0 Å². The number of H-pyrrole nitrogens is 1. The van der Waals surface area contributed by atoms with Crippen LogP contribution in [-0.2, 0) is 19.0 Å². The minimum atomic E-state index is -4.49. The maximum atomic E-state index is 13.4. The van der Waals surface area contributed by atoms with E-state index in [0.29, 0.717) is 39.5 Å². The largest absolute Gasteiger partial charge is 0.417 e. The first-order valence-electron chi connectivity index (χ1n) is 11.0. The number of rotatable bonds is 3. The van der Waals surface area contributed by atoms with Crippen LogP contribution in [0.4, 0.5) is 19.0 Å². The number of benzene rings is 1. The highest BCUT2D eigenvalue weighted by Crippen LogP contribution is 2.35. The van der Waals surface area contributed by atoms with Gasteiger partial charge in [0, 0.05) is 24.7 Å². The normalized spacial score (nSPS) is 15.9. The molecule has 1 aliphatic heterocycles. The van der Waals surface area contributed by atoms with Crippen molar-refractivity contribution in [3.63, 3.8) is 0 Å². The summed E-state index contributed by atoms with van der Waals surface area (Å²) in [6.07, 6.45) is -0.471. The number of carbonyl (C=O) groups excluding carboxylic acids is 1. The molecule has 4 aromatic rings. The summed E-state index contributed by atoms with van der Waals surface area (Å²) in [6, 6.07) is 4.46. The van der Waals surface area contributed by atoms with Gasteiger partial charge in [-0.05, 0) is 61.4 Å². The fourth-order valence-corrected chi connectivity index (χ4v) is 4.58. The van der Waals surface area contributed by atoms with E-state index in [2.05, 4.69) is 20.2 Å². The summed E-state index contributed by atoms with van der Waals surface area (Å²) >= 11 is 0. The smallest absolute Gasteiger partial charge is 0.317 e. The van der Waals surface area contributed by atoms with Crippen LogP contribution in [0.5, 0.6) is 0 Å². The number of carbonyl (C=O) groups is 1. The summed E-state index contributed by atoms with van der Waals surface area (Å²) in [5.74, 6) is 1.11. The van der Waals surface area contributed by atoms with Crippen LogP contribution in [0.3, 0.4) is 0 Å². The first-order chi connectivity index (χ1) is 16.2. The topological polar surface area (TPSA) is 96.2 Å². The van der Waals surface area contributed by atoms with Gasteiger partial charge in [0.1, 0.15) is 11.6 Å². The molecule has 0 saturated heterocycles. The number of hydrogen-bond acceptors (Lipinski definition) is 5. The molecule has 1 aliphatic carbocycles. The van der Waals surface area contributed by atoms with Crippen molar-refractivity contribution in [3.05, 3.63) is 62.8 Å². The van der Waals surface area contributed by atoms with Crippen LogP contribution >= 0.6 is 0 Å². The van der Waals surface area contributed by atoms with E-state index in [1.54, 1.807) is 17.4 Å². The lowest BCUT2D eigenvalue weighted by Crippen LogP contribution is -2.30. The highest BCUT2D eigenvalue weighted by atomic mass is 19.4. The number of nitrogens with one attached hydrogen (secondary N) is 1. The fraction of sp³-hybridized carbons (Fsp3) is 0.348. The summed E-state index contributed by atoms with van der Waals surface area (Å²) in [6.45, 7) is 2.01. The Morgan fingerprint density at radius 3 is 2.74 bits per heavy atom. The first kappa shape index (κ1) is 20.8. The molecule has 3 aromatic heterocycles. The van der Waals surface area contributed by atoms with Gasteiger partial charge < -0.3 is 4.98 Å². The predicted octanol–water partition coefficient (Wildman–Crippen LogP) is 3.45. The van der Waals surface area contributed by atoms with E-state index in [1.165, 1.54) is 4.90 Å². The van der Waals surface area contributed by atoms with Crippen molar-refractivity contribution in [1.82, 2.24) is 24.6 Å². The molecule has 0 bridgehead atoms. The van der Waals surface area contributed by atoms with E-state index in [-0.39, 0.29) is 30.3 Å². The molecule has 0 atom stereocenters. The number of halogens is 3. The second-order valence-electron chi connectivity index (χ2n) is 8.97. The Morgan fingerprint density at radius 2 is 2.00 bits per heavy atom. The Labute approximate surface area is 190 Å². The SMILES string of the molecule is Cc1cc2c(cc1C(=O)N1CCc3cc(C(F)(F)F)cnc31)[nH]c(=O)c1nnc(CC3CC3)n12. The number of fused-ring (bicyclic) bond motifs is 4. The Balaban J connectivity index is 1.42. The number of amides is 1. The van der Waals surface area contributed by atoms with Crippen LogP contribution in [0.2, 0.25) is 0 Å². The number of hydrogen-bond donors (Lipinski definition) is 1. The number of alkyl halides is 3. The third-order valence-corrected chi connectivity index (χ3v) is 6.54. The summed E-state index contributed by atoms with van der Waals surface area (Å²) < 4.78 is 40.9. The van der Waals surface area contributed by atoms with Crippen molar-refractivity contribution >= 4 is 28.4 Å². The second-order valence-corrected chi connectivity index (χ2v) is 8.97. The van der Waals surface area contributed by atoms with Gasteiger partial charge in [-0.3, -0.25) is 18.9 Å². The predicted molar refractivity (Wildman–Crippen MR) is 117 cm³/mol. The lowest BCUT2D eigenvalue weighted by Gasteiger charge is -2.18. The van der Waals surface area contributed by atoms with Crippen molar-refractivity contribution < 1.29 is 18.0 Å². The molecule has 8 nitrogen and oxygen atoms in total. The molecule has 0 spiro atoms. The summed E-state index contributed by atoms with van der Waals surface area (Å²) in [5, 5.41) is 8.27. The summed E-state index contributed by atoms with van der Waals surface area (Å²) in [5.41, 5.74) is 1.51. The molecule has 2 aliphatic rings. The first-order valence-corrected chi connectivity index (χ1v) is 11.0. The number of aromatic nitrogens is 5. The molecule has 1 fully saturated rings.